The van der Waals surface area contributed by atoms with E-state index in [4.69, 9.17) is 4.74 Å². The minimum Gasteiger partial charge on any atom is -0.493 e. The van der Waals surface area contributed by atoms with Crippen molar-refractivity contribution in [2.45, 2.75) is 72.1 Å². The van der Waals surface area contributed by atoms with Crippen molar-refractivity contribution in [1.82, 2.24) is 0 Å². The predicted molar refractivity (Wildman–Crippen MR) is 88.4 cm³/mol. The molecule has 0 aliphatic carbocycles. The SMILES string of the molecule is CCCCCCC(CCCC)COc1ccc(C)cc1. The van der Waals surface area contributed by atoms with Gasteiger partial charge in [-0.25, -0.2) is 0 Å². The van der Waals surface area contributed by atoms with Crippen LogP contribution in [0, 0.1) is 12.8 Å². The first-order valence-corrected chi connectivity index (χ1v) is 8.45. The molecule has 0 aromatic heterocycles. The molecule has 0 fully saturated rings. The third kappa shape index (κ3) is 7.57. The van der Waals surface area contributed by atoms with E-state index in [2.05, 4.69) is 45.0 Å². The first-order valence-electron chi connectivity index (χ1n) is 8.45. The third-order valence-corrected chi connectivity index (χ3v) is 3.94. The maximum atomic E-state index is 5.98. The maximum Gasteiger partial charge on any atom is 0.119 e. The van der Waals surface area contributed by atoms with Crippen LogP contribution in [0.15, 0.2) is 24.3 Å². The normalized spacial score (nSPS) is 12.3. The van der Waals surface area contributed by atoms with E-state index in [-0.39, 0.29) is 0 Å². The van der Waals surface area contributed by atoms with Crippen molar-refractivity contribution >= 4 is 0 Å². The van der Waals surface area contributed by atoms with E-state index in [1.54, 1.807) is 0 Å². The first-order chi connectivity index (χ1) is 9.76. The lowest BCUT2D eigenvalue weighted by Gasteiger charge is -2.17. The van der Waals surface area contributed by atoms with Crippen LogP contribution in [0.3, 0.4) is 0 Å². The van der Waals surface area contributed by atoms with E-state index < -0.39 is 0 Å². The van der Waals surface area contributed by atoms with Crippen LogP contribution in [0.2, 0.25) is 0 Å². The van der Waals surface area contributed by atoms with Crippen LogP contribution in [0.25, 0.3) is 0 Å². The van der Waals surface area contributed by atoms with Gasteiger partial charge in [-0.05, 0) is 37.8 Å². The van der Waals surface area contributed by atoms with Gasteiger partial charge < -0.3 is 4.74 Å². The summed E-state index contributed by atoms with van der Waals surface area (Å²) in [6, 6.07) is 8.42. The van der Waals surface area contributed by atoms with Crippen molar-refractivity contribution in [2.24, 2.45) is 5.92 Å². The summed E-state index contributed by atoms with van der Waals surface area (Å²) in [5.41, 5.74) is 1.29. The molecule has 0 radical (unpaired) electrons. The van der Waals surface area contributed by atoms with E-state index in [1.165, 1.54) is 56.9 Å². The van der Waals surface area contributed by atoms with Crippen LogP contribution in [0.4, 0.5) is 0 Å². The lowest BCUT2D eigenvalue weighted by atomic mass is 9.96. The molecule has 0 aliphatic rings. The van der Waals surface area contributed by atoms with Gasteiger partial charge in [0.2, 0.25) is 0 Å². The summed E-state index contributed by atoms with van der Waals surface area (Å²) in [5, 5.41) is 0. The van der Waals surface area contributed by atoms with Gasteiger partial charge in [0.1, 0.15) is 5.75 Å². The average Bonchev–Trinajstić information content (AvgIpc) is 2.47. The molecule has 1 nitrogen and oxygen atoms in total. The van der Waals surface area contributed by atoms with Gasteiger partial charge >= 0.3 is 0 Å². The van der Waals surface area contributed by atoms with Crippen molar-refractivity contribution in [3.05, 3.63) is 29.8 Å². The smallest absolute Gasteiger partial charge is 0.119 e. The lowest BCUT2D eigenvalue weighted by Crippen LogP contribution is -2.12. The third-order valence-electron chi connectivity index (χ3n) is 3.94. The molecular formula is C19H32O. The second-order valence-corrected chi connectivity index (χ2v) is 5.98. The quantitative estimate of drug-likeness (QED) is 0.440. The Bertz CT molecular complexity index is 328. The molecule has 0 bridgehead atoms. The largest absolute Gasteiger partial charge is 0.493 e. The molecule has 1 unspecified atom stereocenters. The highest BCUT2D eigenvalue weighted by Gasteiger charge is 2.09. The number of ether oxygens (including phenoxy) is 1. The Morgan fingerprint density at radius 1 is 0.850 bits per heavy atom. The van der Waals surface area contributed by atoms with Crippen LogP contribution in [0.5, 0.6) is 5.75 Å². The minimum atomic E-state index is 0.730. The maximum absolute atomic E-state index is 5.98. The van der Waals surface area contributed by atoms with Crippen molar-refractivity contribution in [1.29, 1.82) is 0 Å². The molecule has 0 N–H and O–H groups in total. The lowest BCUT2D eigenvalue weighted by molar-refractivity contribution is 0.225. The summed E-state index contributed by atoms with van der Waals surface area (Å²) >= 11 is 0. The first kappa shape index (κ1) is 17.1. The monoisotopic (exact) mass is 276 g/mol. The van der Waals surface area contributed by atoms with E-state index in [9.17, 15) is 0 Å². The zero-order chi connectivity index (χ0) is 14.6. The van der Waals surface area contributed by atoms with Gasteiger partial charge in [-0.1, -0.05) is 70.1 Å². The highest BCUT2D eigenvalue weighted by atomic mass is 16.5. The van der Waals surface area contributed by atoms with Crippen molar-refractivity contribution in [2.75, 3.05) is 6.61 Å². The number of aryl methyl sites for hydroxylation is 1. The van der Waals surface area contributed by atoms with Crippen LogP contribution >= 0.6 is 0 Å². The summed E-state index contributed by atoms with van der Waals surface area (Å²) in [6.07, 6.45) is 10.7. The Hall–Kier alpha value is -0.980. The zero-order valence-electron chi connectivity index (χ0n) is 13.7. The standard InChI is InChI=1S/C19H32O/c1-4-6-8-9-11-18(10-7-5-2)16-20-19-14-12-17(3)13-15-19/h12-15,18H,4-11,16H2,1-3H3. The molecule has 0 amide bonds. The van der Waals surface area contributed by atoms with Gasteiger partial charge in [0.05, 0.1) is 6.61 Å². The van der Waals surface area contributed by atoms with Crippen LogP contribution in [-0.4, -0.2) is 6.61 Å². The minimum absolute atomic E-state index is 0.730. The highest BCUT2D eigenvalue weighted by Crippen LogP contribution is 2.20. The molecule has 114 valence electrons. The van der Waals surface area contributed by atoms with Crippen molar-refractivity contribution < 1.29 is 4.74 Å². The van der Waals surface area contributed by atoms with E-state index >= 15 is 0 Å². The molecule has 20 heavy (non-hydrogen) atoms. The average molecular weight is 276 g/mol. The Kier molecular flexibility index (Phi) is 9.19. The fourth-order valence-corrected chi connectivity index (χ4v) is 2.51. The van der Waals surface area contributed by atoms with Crippen LogP contribution in [0.1, 0.15) is 70.8 Å². The number of hydrogen-bond donors (Lipinski definition) is 0. The summed E-state index contributed by atoms with van der Waals surface area (Å²) in [6.45, 7) is 7.54. The molecule has 0 heterocycles. The summed E-state index contributed by atoms with van der Waals surface area (Å²) in [7, 11) is 0. The number of benzene rings is 1. The highest BCUT2D eigenvalue weighted by molar-refractivity contribution is 5.26. The van der Waals surface area contributed by atoms with Gasteiger partial charge in [-0.15, -0.1) is 0 Å². The second kappa shape index (κ2) is 10.8. The van der Waals surface area contributed by atoms with Crippen LogP contribution in [-0.2, 0) is 0 Å². The predicted octanol–water partition coefficient (Wildman–Crippen LogP) is 6.15. The summed E-state index contributed by atoms with van der Waals surface area (Å²) < 4.78 is 5.98. The Morgan fingerprint density at radius 2 is 1.50 bits per heavy atom. The molecule has 0 saturated heterocycles. The molecule has 1 aromatic rings. The Balaban J connectivity index is 2.32. The number of hydrogen-bond acceptors (Lipinski definition) is 1. The molecule has 0 saturated carbocycles. The van der Waals surface area contributed by atoms with Gasteiger partial charge in [0.25, 0.3) is 0 Å². The van der Waals surface area contributed by atoms with Crippen molar-refractivity contribution in [3.63, 3.8) is 0 Å². The molecular weight excluding hydrogens is 244 g/mol. The number of rotatable bonds is 11. The van der Waals surface area contributed by atoms with E-state index in [0.29, 0.717) is 0 Å². The summed E-state index contributed by atoms with van der Waals surface area (Å²) in [5.74, 6) is 1.75. The van der Waals surface area contributed by atoms with Gasteiger partial charge in [0.15, 0.2) is 0 Å². The fraction of sp³-hybridized carbons (Fsp3) is 0.684. The second-order valence-electron chi connectivity index (χ2n) is 5.98. The van der Waals surface area contributed by atoms with E-state index in [1.807, 2.05) is 0 Å². The molecule has 1 atom stereocenters. The fourth-order valence-electron chi connectivity index (χ4n) is 2.51. The van der Waals surface area contributed by atoms with Gasteiger partial charge in [-0.2, -0.15) is 0 Å². The molecule has 1 rings (SSSR count). The Morgan fingerprint density at radius 3 is 2.15 bits per heavy atom. The van der Waals surface area contributed by atoms with Gasteiger partial charge in [-0.3, -0.25) is 0 Å². The number of unbranched alkanes of at least 4 members (excludes halogenated alkanes) is 4. The Labute approximate surface area is 125 Å². The van der Waals surface area contributed by atoms with Gasteiger partial charge in [0, 0.05) is 0 Å². The molecule has 0 aliphatic heterocycles. The molecule has 0 spiro atoms. The topological polar surface area (TPSA) is 9.23 Å². The zero-order valence-corrected chi connectivity index (χ0v) is 13.7. The summed E-state index contributed by atoms with van der Waals surface area (Å²) in [4.78, 5) is 0. The molecule has 1 heteroatoms. The van der Waals surface area contributed by atoms with Crippen molar-refractivity contribution in [3.8, 4) is 5.75 Å². The van der Waals surface area contributed by atoms with E-state index in [0.717, 1.165) is 18.3 Å². The van der Waals surface area contributed by atoms with Crippen LogP contribution < -0.4 is 4.74 Å². The molecule has 1 aromatic carbocycles.